The zero-order chi connectivity index (χ0) is 11.7. The van der Waals surface area contributed by atoms with Gasteiger partial charge in [-0.05, 0) is 23.3 Å². The lowest BCUT2D eigenvalue weighted by Gasteiger charge is -2.20. The first-order valence-electron chi connectivity index (χ1n) is 4.71. The van der Waals surface area contributed by atoms with Crippen LogP contribution in [0.25, 0.3) is 11.1 Å². The van der Waals surface area contributed by atoms with E-state index in [1.54, 1.807) is 12.1 Å². The van der Waals surface area contributed by atoms with Crippen molar-refractivity contribution in [2.24, 2.45) is 0 Å². The average Bonchev–Trinajstić information content (AvgIpc) is 2.19. The van der Waals surface area contributed by atoms with Gasteiger partial charge in [-0.1, -0.05) is 24.3 Å². The molecule has 0 fully saturated rings. The molecule has 0 bridgehead atoms. The summed E-state index contributed by atoms with van der Waals surface area (Å²) in [6, 6.07) is 10.9. The third-order valence-electron chi connectivity index (χ3n) is 2.30. The standard InChI is InChI=1S/C12H12N2S2/c13-7-1-3-9(11(15)5-7)10-4-2-8(14)6-12(10)16/h1-6,15-16H,13-14H2/p-2. The number of nitrogen functional groups attached to an aromatic ring is 2. The molecule has 4 N–H and O–H groups in total. The van der Waals surface area contributed by atoms with Crippen LogP contribution in [-0.4, -0.2) is 0 Å². The predicted octanol–water partition coefficient (Wildman–Crippen LogP) is 2.33. The minimum absolute atomic E-state index is 0.662. The molecule has 0 spiro atoms. The molecule has 0 radical (unpaired) electrons. The number of anilines is 2. The van der Waals surface area contributed by atoms with Gasteiger partial charge in [0, 0.05) is 11.4 Å². The highest BCUT2D eigenvalue weighted by atomic mass is 32.1. The molecule has 0 aliphatic carbocycles. The highest BCUT2D eigenvalue weighted by Gasteiger charge is 1.99. The Balaban J connectivity index is 2.59. The predicted molar refractivity (Wildman–Crippen MR) is 72.0 cm³/mol. The largest absolute Gasteiger partial charge is 0.779 e. The Morgan fingerprint density at radius 2 is 1.06 bits per heavy atom. The molecule has 0 aromatic heterocycles. The summed E-state index contributed by atoms with van der Waals surface area (Å²) in [5, 5.41) is 0. The number of benzene rings is 2. The molecule has 0 unspecified atom stereocenters. The summed E-state index contributed by atoms with van der Waals surface area (Å²) in [4.78, 5) is 1.41. The Hall–Kier alpha value is -1.52. The molecule has 0 saturated heterocycles. The van der Waals surface area contributed by atoms with E-state index in [0.717, 1.165) is 11.1 Å². The van der Waals surface area contributed by atoms with Crippen LogP contribution in [0.5, 0.6) is 0 Å². The lowest BCUT2D eigenvalue weighted by Crippen LogP contribution is -1.91. The van der Waals surface area contributed by atoms with Crippen LogP contribution in [0.4, 0.5) is 11.4 Å². The molecular formula is C12H10N2S2-2. The van der Waals surface area contributed by atoms with Crippen LogP contribution in [0.3, 0.4) is 0 Å². The van der Waals surface area contributed by atoms with Crippen molar-refractivity contribution in [3.05, 3.63) is 36.4 Å². The summed E-state index contributed by atoms with van der Waals surface area (Å²) in [5.74, 6) is 0. The van der Waals surface area contributed by atoms with E-state index in [4.69, 9.17) is 36.7 Å². The fourth-order valence-electron chi connectivity index (χ4n) is 1.52. The van der Waals surface area contributed by atoms with Gasteiger partial charge in [0.15, 0.2) is 0 Å². The topological polar surface area (TPSA) is 52.0 Å². The molecule has 2 nitrogen and oxygen atoms in total. The number of rotatable bonds is 1. The summed E-state index contributed by atoms with van der Waals surface area (Å²) in [6.45, 7) is 0. The van der Waals surface area contributed by atoms with E-state index in [2.05, 4.69) is 0 Å². The second-order valence-electron chi connectivity index (χ2n) is 3.51. The highest BCUT2D eigenvalue weighted by molar-refractivity contribution is 7.59. The van der Waals surface area contributed by atoms with Crippen LogP contribution in [0.2, 0.25) is 0 Å². The van der Waals surface area contributed by atoms with Gasteiger partial charge in [0.25, 0.3) is 0 Å². The molecular weight excluding hydrogens is 236 g/mol. The van der Waals surface area contributed by atoms with Crippen molar-refractivity contribution < 1.29 is 0 Å². The van der Waals surface area contributed by atoms with Gasteiger partial charge in [-0.25, -0.2) is 0 Å². The monoisotopic (exact) mass is 246 g/mol. The molecule has 4 heteroatoms. The Bertz CT molecular complexity index is 489. The van der Waals surface area contributed by atoms with E-state index in [1.807, 2.05) is 24.3 Å². The molecule has 0 aliphatic heterocycles. The minimum atomic E-state index is 0.662. The van der Waals surface area contributed by atoms with E-state index < -0.39 is 0 Å². The molecule has 16 heavy (non-hydrogen) atoms. The Kier molecular flexibility index (Phi) is 2.85. The van der Waals surface area contributed by atoms with Crippen LogP contribution >= 0.6 is 0 Å². The second kappa shape index (κ2) is 4.15. The van der Waals surface area contributed by atoms with Crippen molar-refractivity contribution in [3.8, 4) is 11.1 Å². The number of nitrogens with two attached hydrogens (primary N) is 2. The van der Waals surface area contributed by atoms with Crippen LogP contribution in [0.1, 0.15) is 0 Å². The van der Waals surface area contributed by atoms with E-state index in [9.17, 15) is 0 Å². The van der Waals surface area contributed by atoms with Gasteiger partial charge in [-0.15, -0.1) is 0 Å². The summed E-state index contributed by atoms with van der Waals surface area (Å²) >= 11 is 10.5. The highest BCUT2D eigenvalue weighted by Crippen LogP contribution is 2.29. The van der Waals surface area contributed by atoms with Crippen molar-refractivity contribution >= 4 is 36.6 Å². The Morgan fingerprint density at radius 1 is 0.688 bits per heavy atom. The van der Waals surface area contributed by atoms with Gasteiger partial charge < -0.3 is 36.7 Å². The van der Waals surface area contributed by atoms with Crippen molar-refractivity contribution in [1.29, 1.82) is 0 Å². The average molecular weight is 246 g/mol. The van der Waals surface area contributed by atoms with Crippen LogP contribution < -0.4 is 11.5 Å². The van der Waals surface area contributed by atoms with Crippen LogP contribution in [-0.2, 0) is 25.3 Å². The minimum Gasteiger partial charge on any atom is -0.779 e. The van der Waals surface area contributed by atoms with Crippen LogP contribution in [0.15, 0.2) is 46.2 Å². The summed E-state index contributed by atoms with van der Waals surface area (Å²) < 4.78 is 0. The van der Waals surface area contributed by atoms with Crippen molar-refractivity contribution in [3.63, 3.8) is 0 Å². The lowest BCUT2D eigenvalue weighted by molar-refractivity contribution is 1.39. The smallest absolute Gasteiger partial charge is 0.0299 e. The van der Waals surface area contributed by atoms with E-state index in [-0.39, 0.29) is 0 Å². The fourth-order valence-corrected chi connectivity index (χ4v) is 2.15. The van der Waals surface area contributed by atoms with Crippen LogP contribution in [0, 0.1) is 0 Å². The third kappa shape index (κ3) is 2.03. The van der Waals surface area contributed by atoms with Gasteiger partial charge in [-0.2, -0.15) is 9.79 Å². The van der Waals surface area contributed by atoms with Gasteiger partial charge in [0.2, 0.25) is 0 Å². The Labute approximate surface area is 105 Å². The molecule has 2 aromatic rings. The molecule has 2 aromatic carbocycles. The Morgan fingerprint density at radius 3 is 1.38 bits per heavy atom. The number of hydrogen-bond donors (Lipinski definition) is 2. The van der Waals surface area contributed by atoms with Gasteiger partial charge in [-0.3, -0.25) is 0 Å². The van der Waals surface area contributed by atoms with E-state index in [0.29, 0.717) is 21.2 Å². The maximum atomic E-state index is 5.66. The second-order valence-corrected chi connectivity index (χ2v) is 4.39. The number of hydrogen-bond acceptors (Lipinski definition) is 4. The summed E-state index contributed by atoms with van der Waals surface area (Å²) in [5.41, 5.74) is 14.5. The summed E-state index contributed by atoms with van der Waals surface area (Å²) in [6.07, 6.45) is 0. The summed E-state index contributed by atoms with van der Waals surface area (Å²) in [7, 11) is 0. The molecule has 2 rings (SSSR count). The molecule has 0 saturated carbocycles. The first-order chi connectivity index (χ1) is 7.58. The molecule has 0 amide bonds. The fraction of sp³-hybridized carbons (Fsp3) is 0. The van der Waals surface area contributed by atoms with E-state index in [1.165, 1.54) is 0 Å². The first-order valence-corrected chi connectivity index (χ1v) is 5.53. The molecule has 0 heterocycles. The van der Waals surface area contributed by atoms with Crippen molar-refractivity contribution in [2.75, 3.05) is 11.5 Å². The van der Waals surface area contributed by atoms with E-state index >= 15 is 0 Å². The zero-order valence-corrected chi connectivity index (χ0v) is 10.1. The maximum Gasteiger partial charge on any atom is 0.0299 e. The lowest BCUT2D eigenvalue weighted by atomic mass is 10.0. The van der Waals surface area contributed by atoms with Gasteiger partial charge in [0.05, 0.1) is 0 Å². The SMILES string of the molecule is Nc1ccc(-c2ccc(N)cc2[S-])c([S-])c1. The van der Waals surface area contributed by atoms with Gasteiger partial charge in [0.1, 0.15) is 0 Å². The van der Waals surface area contributed by atoms with Crippen molar-refractivity contribution in [2.45, 2.75) is 9.79 Å². The molecule has 82 valence electrons. The maximum absolute atomic E-state index is 5.66. The normalized spacial score (nSPS) is 10.2. The van der Waals surface area contributed by atoms with Crippen molar-refractivity contribution in [1.82, 2.24) is 0 Å². The first kappa shape index (κ1) is 11.0. The third-order valence-corrected chi connectivity index (χ3v) is 2.98. The quantitative estimate of drug-likeness (QED) is 0.599. The van der Waals surface area contributed by atoms with Gasteiger partial charge >= 0.3 is 0 Å². The molecule has 0 aliphatic rings. The zero-order valence-electron chi connectivity index (χ0n) is 8.44. The molecule has 0 atom stereocenters.